The van der Waals surface area contributed by atoms with Crippen LogP contribution in [0.5, 0.6) is 5.75 Å². The van der Waals surface area contributed by atoms with E-state index in [1.807, 2.05) is 49.4 Å². The highest BCUT2D eigenvalue weighted by molar-refractivity contribution is 7.15. The van der Waals surface area contributed by atoms with Crippen LogP contribution in [0, 0.1) is 6.92 Å². The summed E-state index contributed by atoms with van der Waals surface area (Å²) in [6.07, 6.45) is 0.808. The molecule has 1 aromatic heterocycles. The Hall–Kier alpha value is -2.70. The molecule has 2 aromatic carbocycles. The molecule has 0 N–H and O–H groups in total. The number of ether oxygens (including phenoxy) is 2. The summed E-state index contributed by atoms with van der Waals surface area (Å²) in [5, 5.41) is 0.798. The van der Waals surface area contributed by atoms with Crippen LogP contribution in [0.25, 0.3) is 0 Å². The second kappa shape index (κ2) is 9.30. The van der Waals surface area contributed by atoms with E-state index < -0.39 is 0 Å². The highest BCUT2D eigenvalue weighted by Crippen LogP contribution is 2.33. The minimum Gasteiger partial charge on any atom is -0.491 e. The van der Waals surface area contributed by atoms with Gasteiger partial charge in [0.25, 0.3) is 0 Å². The highest BCUT2D eigenvalue weighted by Gasteiger charge is 2.16. The van der Waals surface area contributed by atoms with Gasteiger partial charge in [-0.3, -0.25) is 4.79 Å². The third-order valence-electron chi connectivity index (χ3n) is 4.05. The molecule has 3 aromatic rings. The minimum absolute atomic E-state index is 0.493. The predicted molar refractivity (Wildman–Crippen MR) is 108 cm³/mol. The van der Waals surface area contributed by atoms with Gasteiger partial charge in [0.15, 0.2) is 11.4 Å². The molecular formula is C21H22N2O3S. The molecule has 140 valence electrons. The average molecular weight is 382 g/mol. The average Bonchev–Trinajstić information content (AvgIpc) is 3.08. The zero-order valence-corrected chi connectivity index (χ0v) is 16.2. The highest BCUT2D eigenvalue weighted by atomic mass is 32.1. The molecule has 0 unspecified atom stereocenters. The lowest BCUT2D eigenvalue weighted by atomic mass is 10.2. The van der Waals surface area contributed by atoms with Gasteiger partial charge in [0.05, 0.1) is 13.2 Å². The number of rotatable bonds is 9. The number of nitrogens with zero attached hydrogens (tertiary/aromatic N) is 2. The lowest BCUT2D eigenvalue weighted by Gasteiger charge is -2.22. The van der Waals surface area contributed by atoms with Crippen LogP contribution in [0.1, 0.15) is 20.9 Å². The van der Waals surface area contributed by atoms with Gasteiger partial charge in [-0.05, 0) is 36.8 Å². The van der Waals surface area contributed by atoms with Crippen molar-refractivity contribution in [3.63, 3.8) is 0 Å². The van der Waals surface area contributed by atoms with Crippen molar-refractivity contribution in [2.45, 2.75) is 13.5 Å². The number of carbonyl (C=O) groups is 1. The first-order chi connectivity index (χ1) is 13.2. The number of aldehydes is 1. The monoisotopic (exact) mass is 382 g/mol. The summed E-state index contributed by atoms with van der Waals surface area (Å²) >= 11 is 1.52. The summed E-state index contributed by atoms with van der Waals surface area (Å²) in [5.74, 6) is 0.791. The Morgan fingerprint density at radius 3 is 2.44 bits per heavy atom. The van der Waals surface area contributed by atoms with Crippen molar-refractivity contribution in [1.82, 2.24) is 4.98 Å². The van der Waals surface area contributed by atoms with Crippen LogP contribution in [-0.4, -0.2) is 31.6 Å². The van der Waals surface area contributed by atoms with E-state index in [0.29, 0.717) is 25.5 Å². The molecule has 3 rings (SSSR count). The minimum atomic E-state index is 0.493. The maximum atomic E-state index is 11.2. The van der Waals surface area contributed by atoms with Crippen LogP contribution < -0.4 is 9.64 Å². The van der Waals surface area contributed by atoms with Gasteiger partial charge in [0.1, 0.15) is 18.1 Å². The number of thiazole rings is 1. The molecule has 0 atom stereocenters. The van der Waals surface area contributed by atoms with Crippen LogP contribution in [0.3, 0.4) is 0 Å². The number of carbonyl (C=O) groups excluding carboxylic acids is 1. The van der Waals surface area contributed by atoms with E-state index >= 15 is 0 Å². The SMILES string of the molecule is COCCOc1ccc(N(Cc2ccccc2)c2nc(C=O)c(C)s2)cc1. The smallest absolute Gasteiger partial charge is 0.191 e. The molecule has 0 aliphatic carbocycles. The van der Waals surface area contributed by atoms with Gasteiger partial charge in [-0.2, -0.15) is 0 Å². The van der Waals surface area contributed by atoms with Crippen molar-refractivity contribution in [1.29, 1.82) is 0 Å². The lowest BCUT2D eigenvalue weighted by Crippen LogP contribution is -2.16. The van der Waals surface area contributed by atoms with Gasteiger partial charge in [0.2, 0.25) is 0 Å². The van der Waals surface area contributed by atoms with Crippen molar-refractivity contribution in [2.24, 2.45) is 0 Å². The molecule has 0 bridgehead atoms. The predicted octanol–water partition coefficient (Wildman–Crippen LogP) is 4.63. The summed E-state index contributed by atoms with van der Waals surface area (Å²) in [7, 11) is 1.65. The van der Waals surface area contributed by atoms with E-state index in [9.17, 15) is 4.79 Å². The van der Waals surface area contributed by atoms with Gasteiger partial charge in [-0.15, -0.1) is 11.3 Å². The van der Waals surface area contributed by atoms with E-state index in [1.54, 1.807) is 7.11 Å². The van der Waals surface area contributed by atoms with Gasteiger partial charge in [0, 0.05) is 17.7 Å². The quantitative estimate of drug-likeness (QED) is 0.399. The second-order valence-corrected chi connectivity index (χ2v) is 7.14. The fourth-order valence-corrected chi connectivity index (χ4v) is 3.52. The van der Waals surface area contributed by atoms with Crippen LogP contribution in [-0.2, 0) is 11.3 Å². The molecule has 0 aliphatic rings. The van der Waals surface area contributed by atoms with Crippen molar-refractivity contribution in [3.8, 4) is 5.75 Å². The van der Waals surface area contributed by atoms with Crippen molar-refractivity contribution < 1.29 is 14.3 Å². The number of hydrogen-bond donors (Lipinski definition) is 0. The van der Waals surface area contributed by atoms with E-state index in [-0.39, 0.29) is 0 Å². The molecule has 0 fully saturated rings. The van der Waals surface area contributed by atoms with E-state index in [4.69, 9.17) is 9.47 Å². The molecule has 0 spiro atoms. The number of methoxy groups -OCH3 is 1. The van der Waals surface area contributed by atoms with Gasteiger partial charge in [-0.1, -0.05) is 30.3 Å². The summed E-state index contributed by atoms with van der Waals surface area (Å²) in [6.45, 7) is 3.64. The molecule has 0 saturated carbocycles. The summed E-state index contributed by atoms with van der Waals surface area (Å²) in [4.78, 5) is 18.8. The van der Waals surface area contributed by atoms with E-state index in [0.717, 1.165) is 27.7 Å². The summed E-state index contributed by atoms with van der Waals surface area (Å²) in [6, 6.07) is 18.1. The van der Waals surface area contributed by atoms with Crippen molar-refractivity contribution >= 4 is 28.4 Å². The molecule has 5 nitrogen and oxygen atoms in total. The third kappa shape index (κ3) is 4.93. The molecule has 27 heavy (non-hydrogen) atoms. The van der Waals surface area contributed by atoms with Crippen LogP contribution in [0.4, 0.5) is 10.8 Å². The Morgan fingerprint density at radius 1 is 1.07 bits per heavy atom. The lowest BCUT2D eigenvalue weighted by molar-refractivity contribution is 0.111. The maximum Gasteiger partial charge on any atom is 0.191 e. The first kappa shape index (κ1) is 19.1. The Labute approximate surface area is 163 Å². The summed E-state index contributed by atoms with van der Waals surface area (Å²) < 4.78 is 10.6. The second-order valence-electron chi connectivity index (χ2n) is 5.96. The molecular weight excluding hydrogens is 360 g/mol. The fraction of sp³-hybridized carbons (Fsp3) is 0.238. The van der Waals surface area contributed by atoms with Crippen LogP contribution in [0.15, 0.2) is 54.6 Å². The largest absolute Gasteiger partial charge is 0.491 e. The first-order valence-corrected chi connectivity index (χ1v) is 9.49. The molecule has 0 saturated heterocycles. The topological polar surface area (TPSA) is 51.7 Å². The van der Waals surface area contributed by atoms with Crippen LogP contribution >= 0.6 is 11.3 Å². The maximum absolute atomic E-state index is 11.2. The van der Waals surface area contributed by atoms with Gasteiger partial charge in [-0.25, -0.2) is 4.98 Å². The number of anilines is 2. The zero-order valence-electron chi connectivity index (χ0n) is 15.4. The zero-order chi connectivity index (χ0) is 19.1. The number of aromatic nitrogens is 1. The number of hydrogen-bond acceptors (Lipinski definition) is 6. The third-order valence-corrected chi connectivity index (χ3v) is 5.06. The molecule has 1 heterocycles. The normalized spacial score (nSPS) is 10.6. The molecule has 0 amide bonds. The Morgan fingerprint density at radius 2 is 1.81 bits per heavy atom. The molecule has 0 aliphatic heterocycles. The Kier molecular flexibility index (Phi) is 6.57. The van der Waals surface area contributed by atoms with E-state index in [1.165, 1.54) is 16.9 Å². The molecule has 6 heteroatoms. The van der Waals surface area contributed by atoms with Crippen LogP contribution in [0.2, 0.25) is 0 Å². The Balaban J connectivity index is 1.87. The van der Waals surface area contributed by atoms with Gasteiger partial charge < -0.3 is 14.4 Å². The summed E-state index contributed by atoms with van der Waals surface area (Å²) in [5.41, 5.74) is 2.65. The van der Waals surface area contributed by atoms with Gasteiger partial charge >= 0.3 is 0 Å². The van der Waals surface area contributed by atoms with Crippen molar-refractivity contribution in [2.75, 3.05) is 25.2 Å². The van der Waals surface area contributed by atoms with Crippen molar-refractivity contribution in [3.05, 3.63) is 70.7 Å². The Bertz CT molecular complexity index is 863. The molecule has 0 radical (unpaired) electrons. The number of benzene rings is 2. The van der Waals surface area contributed by atoms with E-state index in [2.05, 4.69) is 22.0 Å². The number of aryl methyl sites for hydroxylation is 1. The first-order valence-electron chi connectivity index (χ1n) is 8.67. The standard InChI is InChI=1S/C21H22N2O3S/c1-16-20(15-24)22-21(27-16)23(14-17-6-4-3-5-7-17)18-8-10-19(11-9-18)26-13-12-25-2/h3-11,15H,12-14H2,1-2H3. The fourth-order valence-electron chi connectivity index (χ4n) is 2.62.